The van der Waals surface area contributed by atoms with Crippen LogP contribution in [0.25, 0.3) is 0 Å². The van der Waals surface area contributed by atoms with Gasteiger partial charge in [-0.2, -0.15) is 0 Å². The number of nitrogens with zero attached hydrogens (tertiary/aromatic N) is 1. The highest BCUT2D eigenvalue weighted by Gasteiger charge is 2.51. The van der Waals surface area contributed by atoms with E-state index in [1.165, 1.54) is 32.6 Å². The van der Waals surface area contributed by atoms with Gasteiger partial charge >= 0.3 is 5.97 Å². The highest BCUT2D eigenvalue weighted by atomic mass is 16.4. The van der Waals surface area contributed by atoms with Crippen molar-refractivity contribution < 1.29 is 14.7 Å². The number of rotatable bonds is 3. The van der Waals surface area contributed by atoms with Crippen molar-refractivity contribution in [3.05, 3.63) is 0 Å². The second kappa shape index (κ2) is 5.14. The number of hydrogen-bond acceptors (Lipinski definition) is 2. The predicted molar refractivity (Wildman–Crippen MR) is 72.8 cm³/mol. The Hall–Kier alpha value is -1.06. The average molecular weight is 267 g/mol. The molecule has 2 rings (SSSR count). The van der Waals surface area contributed by atoms with Crippen LogP contribution in [0, 0.1) is 5.41 Å². The van der Waals surface area contributed by atoms with Crippen LogP contribution in [-0.2, 0) is 9.59 Å². The molecule has 1 amide bonds. The van der Waals surface area contributed by atoms with Gasteiger partial charge in [0.15, 0.2) is 0 Å². The molecule has 0 bridgehead atoms. The Labute approximate surface area is 115 Å². The minimum atomic E-state index is -0.950. The number of carboxylic acids is 1. The molecular formula is C15H25NO3. The number of carbonyl (C=O) groups is 2. The fourth-order valence-corrected chi connectivity index (χ4v) is 4.24. The molecule has 4 heteroatoms. The Balaban J connectivity index is 2.19. The van der Waals surface area contributed by atoms with E-state index in [2.05, 4.69) is 0 Å². The summed E-state index contributed by atoms with van der Waals surface area (Å²) in [5.41, 5.74) is -0.566. The topological polar surface area (TPSA) is 57.6 Å². The van der Waals surface area contributed by atoms with E-state index in [4.69, 9.17) is 0 Å². The Kier molecular flexibility index (Phi) is 3.88. The zero-order valence-electron chi connectivity index (χ0n) is 12.1. The number of hydrogen-bond donors (Lipinski definition) is 1. The van der Waals surface area contributed by atoms with Crippen molar-refractivity contribution >= 4 is 11.9 Å². The van der Waals surface area contributed by atoms with E-state index >= 15 is 0 Å². The second-order valence-electron chi connectivity index (χ2n) is 6.31. The molecule has 0 aromatic heterocycles. The number of likely N-dealkylation sites (N-methyl/N-ethyl adjacent to an activating group) is 1. The third kappa shape index (κ3) is 2.37. The summed E-state index contributed by atoms with van der Waals surface area (Å²) in [6.45, 7) is 3.83. The van der Waals surface area contributed by atoms with Crippen LogP contribution in [-0.4, -0.2) is 34.0 Å². The van der Waals surface area contributed by atoms with Crippen LogP contribution in [0.3, 0.4) is 0 Å². The summed E-state index contributed by atoms with van der Waals surface area (Å²) in [5, 5.41) is 9.68. The van der Waals surface area contributed by atoms with Crippen LogP contribution in [0.1, 0.15) is 65.2 Å². The first-order valence-electron chi connectivity index (χ1n) is 7.47. The highest BCUT2D eigenvalue weighted by molar-refractivity contribution is 5.86. The molecule has 0 aliphatic heterocycles. The zero-order valence-corrected chi connectivity index (χ0v) is 12.1. The van der Waals surface area contributed by atoms with E-state index < -0.39 is 11.5 Å². The fourth-order valence-electron chi connectivity index (χ4n) is 4.24. The molecule has 1 N–H and O–H groups in total. The van der Waals surface area contributed by atoms with Crippen molar-refractivity contribution in [2.24, 2.45) is 5.41 Å². The molecule has 0 radical (unpaired) electrons. The number of carbonyl (C=O) groups excluding carboxylic acids is 1. The lowest BCUT2D eigenvalue weighted by molar-refractivity contribution is -0.163. The minimum absolute atomic E-state index is 0.118. The Morgan fingerprint density at radius 1 is 1.05 bits per heavy atom. The molecule has 0 aromatic carbocycles. The maximum atomic E-state index is 11.8. The van der Waals surface area contributed by atoms with Gasteiger partial charge in [0.05, 0.1) is 0 Å². The normalized spacial score (nSPS) is 24.3. The zero-order chi connectivity index (χ0) is 14.1. The lowest BCUT2D eigenvalue weighted by atomic mass is 9.66. The van der Waals surface area contributed by atoms with E-state index in [1.54, 1.807) is 4.90 Å². The van der Waals surface area contributed by atoms with Crippen LogP contribution >= 0.6 is 0 Å². The summed E-state index contributed by atoms with van der Waals surface area (Å²) in [5.74, 6) is -0.940. The van der Waals surface area contributed by atoms with Gasteiger partial charge in [-0.15, -0.1) is 0 Å². The van der Waals surface area contributed by atoms with E-state index in [9.17, 15) is 14.7 Å². The lowest BCUT2D eigenvalue weighted by Crippen LogP contribution is -2.59. The smallest absolute Gasteiger partial charge is 0.329 e. The lowest BCUT2D eigenvalue weighted by Gasteiger charge is -2.47. The molecule has 108 valence electrons. The molecule has 4 nitrogen and oxygen atoms in total. The first kappa shape index (κ1) is 14.4. The molecule has 0 unspecified atom stereocenters. The molecule has 2 aliphatic carbocycles. The van der Waals surface area contributed by atoms with Gasteiger partial charge in [0.25, 0.3) is 0 Å². The standard InChI is InChI=1S/C15H25NO3/c1-3-16(12(2)17)15(13(18)19)10-8-14(9-11-15)6-4-5-7-14/h3-11H2,1-2H3,(H,18,19). The first-order chi connectivity index (χ1) is 8.96. The van der Waals surface area contributed by atoms with Crippen molar-refractivity contribution in [3.63, 3.8) is 0 Å². The quantitative estimate of drug-likeness (QED) is 0.855. The first-order valence-corrected chi connectivity index (χ1v) is 7.47. The number of aliphatic carboxylic acids is 1. The summed E-state index contributed by atoms with van der Waals surface area (Å²) in [4.78, 5) is 25.1. The second-order valence-corrected chi connectivity index (χ2v) is 6.31. The summed E-state index contributed by atoms with van der Waals surface area (Å²) < 4.78 is 0. The van der Waals surface area contributed by atoms with Gasteiger partial charge in [-0.1, -0.05) is 12.8 Å². The maximum absolute atomic E-state index is 11.8. The monoisotopic (exact) mass is 267 g/mol. The molecular weight excluding hydrogens is 242 g/mol. The fraction of sp³-hybridized carbons (Fsp3) is 0.867. The van der Waals surface area contributed by atoms with Crippen LogP contribution in [0.2, 0.25) is 0 Å². The maximum Gasteiger partial charge on any atom is 0.329 e. The van der Waals surface area contributed by atoms with Crippen molar-refractivity contribution in [1.82, 2.24) is 4.90 Å². The van der Waals surface area contributed by atoms with Crippen molar-refractivity contribution in [2.45, 2.75) is 70.8 Å². The number of amides is 1. The third-order valence-electron chi connectivity index (χ3n) is 5.41. The van der Waals surface area contributed by atoms with Gasteiger partial charge in [-0.05, 0) is 50.9 Å². The van der Waals surface area contributed by atoms with E-state index in [1.807, 2.05) is 6.92 Å². The van der Waals surface area contributed by atoms with Crippen molar-refractivity contribution in [3.8, 4) is 0 Å². The average Bonchev–Trinajstić information content (AvgIpc) is 2.81. The van der Waals surface area contributed by atoms with Gasteiger partial charge in [0.1, 0.15) is 5.54 Å². The van der Waals surface area contributed by atoms with Crippen LogP contribution in [0.4, 0.5) is 0 Å². The summed E-state index contributed by atoms with van der Waals surface area (Å²) in [6.07, 6.45) is 8.22. The van der Waals surface area contributed by atoms with Crippen LogP contribution < -0.4 is 0 Å². The summed E-state index contributed by atoms with van der Waals surface area (Å²) in [6, 6.07) is 0. The van der Waals surface area contributed by atoms with Gasteiger partial charge in [0.2, 0.25) is 5.91 Å². The molecule has 0 aromatic rings. The van der Waals surface area contributed by atoms with E-state index in [-0.39, 0.29) is 5.91 Å². The molecule has 2 aliphatic rings. The Morgan fingerprint density at radius 3 is 1.95 bits per heavy atom. The Bertz CT molecular complexity index is 362. The molecule has 2 saturated carbocycles. The summed E-state index contributed by atoms with van der Waals surface area (Å²) >= 11 is 0. The highest BCUT2D eigenvalue weighted by Crippen LogP contribution is 2.52. The van der Waals surface area contributed by atoms with Crippen LogP contribution in [0.5, 0.6) is 0 Å². The van der Waals surface area contributed by atoms with E-state index in [0.717, 1.165) is 12.8 Å². The van der Waals surface area contributed by atoms with Crippen LogP contribution in [0.15, 0.2) is 0 Å². The molecule has 0 saturated heterocycles. The predicted octanol–water partition coefficient (Wildman–Crippen LogP) is 2.81. The summed E-state index contributed by atoms with van der Waals surface area (Å²) in [7, 11) is 0. The van der Waals surface area contributed by atoms with Gasteiger partial charge < -0.3 is 10.0 Å². The van der Waals surface area contributed by atoms with Gasteiger partial charge in [-0.3, -0.25) is 4.79 Å². The molecule has 19 heavy (non-hydrogen) atoms. The SMILES string of the molecule is CCN(C(C)=O)C1(C(=O)O)CCC2(CCCC2)CC1. The van der Waals surface area contributed by atoms with Crippen molar-refractivity contribution in [1.29, 1.82) is 0 Å². The number of carboxylic acid groups (broad SMARTS) is 1. The van der Waals surface area contributed by atoms with E-state index in [0.29, 0.717) is 24.8 Å². The minimum Gasteiger partial charge on any atom is -0.479 e. The molecule has 0 atom stereocenters. The largest absolute Gasteiger partial charge is 0.479 e. The van der Waals surface area contributed by atoms with Crippen molar-refractivity contribution in [2.75, 3.05) is 6.54 Å². The van der Waals surface area contributed by atoms with Gasteiger partial charge in [0, 0.05) is 13.5 Å². The molecule has 2 fully saturated rings. The molecule has 0 heterocycles. The molecule has 1 spiro atoms. The Morgan fingerprint density at radius 2 is 1.58 bits per heavy atom. The van der Waals surface area contributed by atoms with Gasteiger partial charge in [-0.25, -0.2) is 4.79 Å². The third-order valence-corrected chi connectivity index (χ3v) is 5.41.